The molecule has 1 amide bonds. The second kappa shape index (κ2) is 11.2. The molecule has 8 heteroatoms. The predicted octanol–water partition coefficient (Wildman–Crippen LogP) is 6.00. The third kappa shape index (κ3) is 7.48. The number of carbonyl (C=O) groups is 1. The summed E-state index contributed by atoms with van der Waals surface area (Å²) in [6.07, 6.45) is 0.122. The van der Waals surface area contributed by atoms with E-state index in [1.54, 1.807) is 6.07 Å². The van der Waals surface area contributed by atoms with E-state index in [1.807, 2.05) is 25.1 Å². The summed E-state index contributed by atoms with van der Waals surface area (Å²) in [5, 5.41) is 12.2. The summed E-state index contributed by atoms with van der Waals surface area (Å²) < 4.78 is 43.8. The molecular weight excluding hydrogens is 431 g/mol. The number of hydrogen-bond acceptors (Lipinski definition) is 4. The number of pyridine rings is 1. The van der Waals surface area contributed by atoms with E-state index in [1.165, 1.54) is 13.8 Å². The molecule has 0 aliphatic rings. The summed E-state index contributed by atoms with van der Waals surface area (Å²) in [5.41, 5.74) is -0.714. The van der Waals surface area contributed by atoms with Crippen LogP contribution in [0.5, 0.6) is 5.88 Å². The molecular formula is C25H30F3N3O2. The quantitative estimate of drug-likeness (QED) is 0.441. The number of aromatic nitrogens is 1. The lowest BCUT2D eigenvalue weighted by molar-refractivity contribution is -0.138. The van der Waals surface area contributed by atoms with Crippen molar-refractivity contribution in [3.05, 3.63) is 59.3 Å². The van der Waals surface area contributed by atoms with Crippen LogP contribution in [0.3, 0.4) is 0 Å². The minimum absolute atomic E-state index is 0.00575. The van der Waals surface area contributed by atoms with Crippen molar-refractivity contribution in [1.29, 1.82) is 5.26 Å². The lowest BCUT2D eigenvalue weighted by Gasteiger charge is -2.30. The van der Waals surface area contributed by atoms with E-state index < -0.39 is 23.2 Å². The van der Waals surface area contributed by atoms with Crippen LogP contribution >= 0.6 is 0 Å². The van der Waals surface area contributed by atoms with Gasteiger partial charge in [0.15, 0.2) is 5.60 Å². The summed E-state index contributed by atoms with van der Waals surface area (Å²) >= 11 is 0. The summed E-state index contributed by atoms with van der Waals surface area (Å²) in [5.74, 6) is -0.487. The first kappa shape index (κ1) is 26.2. The lowest BCUT2D eigenvalue weighted by Crippen LogP contribution is -2.50. The van der Waals surface area contributed by atoms with Gasteiger partial charge in [-0.3, -0.25) is 4.79 Å². The molecule has 0 aliphatic heterocycles. The number of nitrogens with one attached hydrogen (secondary N) is 1. The maximum Gasteiger partial charge on any atom is 0.417 e. The van der Waals surface area contributed by atoms with Crippen molar-refractivity contribution < 1.29 is 22.7 Å². The fourth-order valence-corrected chi connectivity index (χ4v) is 3.56. The van der Waals surface area contributed by atoms with Gasteiger partial charge in [0.1, 0.15) is 0 Å². The molecule has 1 aromatic carbocycles. The van der Waals surface area contributed by atoms with Crippen molar-refractivity contribution in [3.8, 4) is 11.9 Å². The summed E-state index contributed by atoms with van der Waals surface area (Å²) in [4.78, 5) is 16.7. The van der Waals surface area contributed by atoms with Gasteiger partial charge in [-0.2, -0.15) is 18.4 Å². The molecule has 0 spiro atoms. The standard InChI is InChI=1S/C25H30F3N3O2/c1-5-6-7-11-21(19-10-8-9-18(14-19)15-29)17(2)31-23(32)24(3,4)33-22-13-12-20(16-30-22)25(26,27)28/h8-10,12-14,16-17,21H,5-7,11H2,1-4H3,(H,31,32). The van der Waals surface area contributed by atoms with Crippen molar-refractivity contribution in [1.82, 2.24) is 10.3 Å². The molecule has 2 unspecified atom stereocenters. The number of halogens is 3. The van der Waals surface area contributed by atoms with Gasteiger partial charge in [0.05, 0.1) is 17.2 Å². The number of benzene rings is 1. The van der Waals surface area contributed by atoms with Gasteiger partial charge in [-0.05, 0) is 51.0 Å². The Kier molecular flexibility index (Phi) is 8.86. The van der Waals surface area contributed by atoms with Gasteiger partial charge in [-0.1, -0.05) is 38.3 Å². The number of ether oxygens (including phenoxy) is 1. The van der Waals surface area contributed by atoms with E-state index in [9.17, 15) is 23.2 Å². The highest BCUT2D eigenvalue weighted by Crippen LogP contribution is 2.30. The van der Waals surface area contributed by atoms with Gasteiger partial charge in [-0.25, -0.2) is 4.98 Å². The first-order valence-electron chi connectivity index (χ1n) is 11.0. The van der Waals surface area contributed by atoms with Crippen LogP contribution in [0.25, 0.3) is 0 Å². The van der Waals surface area contributed by atoms with Crippen LogP contribution in [0.1, 0.15) is 76.0 Å². The van der Waals surface area contributed by atoms with Gasteiger partial charge in [0, 0.05) is 24.2 Å². The molecule has 0 fully saturated rings. The molecule has 0 saturated carbocycles. The topological polar surface area (TPSA) is 75.0 Å². The van der Waals surface area contributed by atoms with Crippen LogP contribution in [-0.4, -0.2) is 22.5 Å². The number of nitrogens with zero attached hydrogens (tertiary/aromatic N) is 2. The summed E-state index contributed by atoms with van der Waals surface area (Å²) in [7, 11) is 0. The lowest BCUT2D eigenvalue weighted by atomic mass is 9.86. The molecule has 1 aromatic heterocycles. The smallest absolute Gasteiger partial charge is 0.417 e. The van der Waals surface area contributed by atoms with Crippen molar-refractivity contribution in [2.24, 2.45) is 0 Å². The van der Waals surface area contributed by atoms with Crippen LogP contribution in [-0.2, 0) is 11.0 Å². The third-order valence-corrected chi connectivity index (χ3v) is 5.50. The number of alkyl halides is 3. The van der Waals surface area contributed by atoms with Gasteiger partial charge < -0.3 is 10.1 Å². The first-order valence-corrected chi connectivity index (χ1v) is 11.0. The fourth-order valence-electron chi connectivity index (χ4n) is 3.56. The molecule has 178 valence electrons. The van der Waals surface area contributed by atoms with Gasteiger partial charge in [0.2, 0.25) is 5.88 Å². The van der Waals surface area contributed by atoms with E-state index in [0.29, 0.717) is 11.8 Å². The molecule has 1 heterocycles. The average Bonchev–Trinajstić information content (AvgIpc) is 2.76. The summed E-state index contributed by atoms with van der Waals surface area (Å²) in [6.45, 7) is 7.10. The van der Waals surface area contributed by atoms with Crippen LogP contribution in [0, 0.1) is 11.3 Å². The van der Waals surface area contributed by atoms with Gasteiger partial charge in [0.25, 0.3) is 5.91 Å². The van der Waals surface area contributed by atoms with Crippen molar-refractivity contribution in [2.75, 3.05) is 0 Å². The second-order valence-corrected chi connectivity index (χ2v) is 8.60. The minimum atomic E-state index is -4.50. The monoisotopic (exact) mass is 461 g/mol. The third-order valence-electron chi connectivity index (χ3n) is 5.50. The maximum absolute atomic E-state index is 13.0. The van der Waals surface area contributed by atoms with Crippen LogP contribution in [0.4, 0.5) is 13.2 Å². The Morgan fingerprint density at radius 1 is 1.21 bits per heavy atom. The molecule has 0 radical (unpaired) electrons. The number of amides is 1. The molecule has 1 N–H and O–H groups in total. The summed E-state index contributed by atoms with van der Waals surface area (Å²) in [6, 6.07) is 11.2. The van der Waals surface area contributed by atoms with Crippen LogP contribution in [0.15, 0.2) is 42.6 Å². The normalized spacial score (nSPS) is 13.6. The number of carbonyl (C=O) groups excluding carboxylic acids is 1. The van der Waals surface area contributed by atoms with Gasteiger partial charge in [-0.15, -0.1) is 0 Å². The zero-order valence-electron chi connectivity index (χ0n) is 19.4. The molecule has 0 bridgehead atoms. The highest BCUT2D eigenvalue weighted by atomic mass is 19.4. The Morgan fingerprint density at radius 2 is 1.94 bits per heavy atom. The van der Waals surface area contributed by atoms with Crippen LogP contribution < -0.4 is 10.1 Å². The number of rotatable bonds is 10. The van der Waals surface area contributed by atoms with Crippen molar-refractivity contribution in [2.45, 2.75) is 77.1 Å². The van der Waals surface area contributed by atoms with Crippen molar-refractivity contribution >= 4 is 5.91 Å². The number of unbranched alkanes of at least 4 members (excludes halogenated alkanes) is 2. The average molecular weight is 462 g/mol. The zero-order valence-corrected chi connectivity index (χ0v) is 19.4. The molecule has 5 nitrogen and oxygen atoms in total. The van der Waals surface area contributed by atoms with E-state index >= 15 is 0 Å². The maximum atomic E-state index is 13.0. The Labute approximate surface area is 193 Å². The predicted molar refractivity (Wildman–Crippen MR) is 120 cm³/mol. The Hall–Kier alpha value is -3.08. The van der Waals surface area contributed by atoms with Crippen LogP contribution in [0.2, 0.25) is 0 Å². The van der Waals surface area contributed by atoms with E-state index in [2.05, 4.69) is 23.3 Å². The number of nitriles is 1. The van der Waals surface area contributed by atoms with Crippen molar-refractivity contribution in [3.63, 3.8) is 0 Å². The minimum Gasteiger partial charge on any atom is -0.462 e. The van der Waals surface area contributed by atoms with Gasteiger partial charge >= 0.3 is 6.18 Å². The SMILES string of the molecule is CCCCCC(c1cccc(C#N)c1)C(C)NC(=O)C(C)(C)Oc1ccc(C(F)(F)F)cn1. The molecule has 0 aliphatic carbocycles. The largest absolute Gasteiger partial charge is 0.462 e. The van der Waals surface area contributed by atoms with E-state index in [4.69, 9.17) is 4.74 Å². The van der Waals surface area contributed by atoms with E-state index in [-0.39, 0.29) is 17.8 Å². The highest BCUT2D eigenvalue weighted by molar-refractivity contribution is 5.85. The Morgan fingerprint density at radius 3 is 2.52 bits per heavy atom. The first-order chi connectivity index (χ1) is 15.5. The number of hydrogen-bond donors (Lipinski definition) is 1. The Balaban J connectivity index is 2.13. The molecule has 33 heavy (non-hydrogen) atoms. The Bertz CT molecular complexity index is 966. The molecule has 2 aromatic rings. The second-order valence-electron chi connectivity index (χ2n) is 8.60. The fraction of sp³-hybridized carbons (Fsp3) is 0.480. The molecule has 2 rings (SSSR count). The zero-order chi connectivity index (χ0) is 24.6. The highest BCUT2D eigenvalue weighted by Gasteiger charge is 2.34. The molecule has 2 atom stereocenters. The molecule has 0 saturated heterocycles. The van der Waals surface area contributed by atoms with E-state index in [0.717, 1.165) is 43.4 Å².